The molecule has 7 heteroatoms. The molecule has 7 nitrogen and oxygen atoms in total. The van der Waals surface area contributed by atoms with Crippen molar-refractivity contribution in [2.75, 3.05) is 47.1 Å². The first kappa shape index (κ1) is 17.7. The Morgan fingerprint density at radius 2 is 2.39 bits per heavy atom. The number of hydrogen-bond donors (Lipinski definition) is 1. The van der Waals surface area contributed by atoms with Gasteiger partial charge in [-0.25, -0.2) is 4.98 Å². The number of aromatic nitrogens is 1. The van der Waals surface area contributed by atoms with Crippen molar-refractivity contribution < 1.29 is 19.0 Å². The first-order valence-electron chi connectivity index (χ1n) is 7.81. The molecule has 128 valence electrons. The zero-order valence-corrected chi connectivity index (χ0v) is 13.7. The van der Waals surface area contributed by atoms with Crippen molar-refractivity contribution >= 4 is 5.91 Å². The van der Waals surface area contributed by atoms with Crippen molar-refractivity contribution in [3.8, 4) is 5.88 Å². The number of ether oxygens (including phenoxy) is 3. The second-order valence-corrected chi connectivity index (χ2v) is 5.59. The predicted octanol–water partition coefficient (Wildman–Crippen LogP) is 0.312. The molecule has 0 bridgehead atoms. The average Bonchev–Trinajstić information content (AvgIpc) is 2.55. The van der Waals surface area contributed by atoms with Crippen LogP contribution < -0.4 is 10.1 Å². The van der Waals surface area contributed by atoms with Gasteiger partial charge in [0.1, 0.15) is 6.10 Å². The summed E-state index contributed by atoms with van der Waals surface area (Å²) in [5.74, 6) is 0.518. The monoisotopic (exact) mass is 323 g/mol. The van der Waals surface area contributed by atoms with E-state index in [0.717, 1.165) is 6.42 Å². The molecular weight excluding hydrogens is 298 g/mol. The van der Waals surface area contributed by atoms with Crippen LogP contribution in [0.4, 0.5) is 0 Å². The van der Waals surface area contributed by atoms with Crippen LogP contribution in [0, 0.1) is 0 Å². The van der Waals surface area contributed by atoms with Crippen molar-refractivity contribution in [2.45, 2.75) is 18.6 Å². The molecule has 0 saturated carbocycles. The number of likely N-dealkylation sites (N-methyl/N-ethyl adjacent to an activating group) is 1. The van der Waals surface area contributed by atoms with Gasteiger partial charge in [-0.2, -0.15) is 0 Å². The Morgan fingerprint density at radius 3 is 3.13 bits per heavy atom. The van der Waals surface area contributed by atoms with Gasteiger partial charge in [0.15, 0.2) is 0 Å². The fraction of sp³-hybridized carbons (Fsp3) is 0.625. The van der Waals surface area contributed by atoms with Gasteiger partial charge >= 0.3 is 0 Å². The Balaban J connectivity index is 1.84. The van der Waals surface area contributed by atoms with E-state index in [9.17, 15) is 4.79 Å². The molecule has 1 fully saturated rings. The Morgan fingerprint density at radius 1 is 1.52 bits per heavy atom. The minimum absolute atomic E-state index is 0.0475. The quantitative estimate of drug-likeness (QED) is 0.742. The molecule has 0 spiro atoms. The van der Waals surface area contributed by atoms with Crippen molar-refractivity contribution in [3.63, 3.8) is 0 Å². The van der Waals surface area contributed by atoms with Crippen LogP contribution in [0.25, 0.3) is 0 Å². The van der Waals surface area contributed by atoms with E-state index in [1.165, 1.54) is 0 Å². The van der Waals surface area contributed by atoms with E-state index in [0.29, 0.717) is 38.8 Å². The number of nitrogens with one attached hydrogen (secondary N) is 1. The lowest BCUT2D eigenvalue weighted by atomic mass is 10.1. The summed E-state index contributed by atoms with van der Waals surface area (Å²) in [6.07, 6.45) is 2.28. The van der Waals surface area contributed by atoms with Gasteiger partial charge in [0.25, 0.3) is 0 Å². The molecule has 0 aliphatic carbocycles. The highest BCUT2D eigenvalue weighted by atomic mass is 16.5. The second-order valence-electron chi connectivity index (χ2n) is 5.59. The zero-order chi connectivity index (χ0) is 16.5. The summed E-state index contributed by atoms with van der Waals surface area (Å²) in [5.41, 5.74) is 0. The Labute approximate surface area is 136 Å². The molecule has 1 amide bonds. The number of methoxy groups -OCH3 is 1. The van der Waals surface area contributed by atoms with Crippen LogP contribution in [-0.2, 0) is 14.3 Å². The van der Waals surface area contributed by atoms with Crippen LogP contribution in [0.5, 0.6) is 5.88 Å². The first-order chi connectivity index (χ1) is 11.2. The lowest BCUT2D eigenvalue weighted by Crippen LogP contribution is -2.53. The summed E-state index contributed by atoms with van der Waals surface area (Å²) in [5, 5.41) is 3.00. The summed E-state index contributed by atoms with van der Waals surface area (Å²) in [7, 11) is 3.53. The number of nitrogens with zero attached hydrogens (tertiary/aromatic N) is 2. The van der Waals surface area contributed by atoms with E-state index in [2.05, 4.69) is 10.3 Å². The van der Waals surface area contributed by atoms with Gasteiger partial charge in [-0.3, -0.25) is 9.69 Å². The van der Waals surface area contributed by atoms with E-state index >= 15 is 0 Å². The average molecular weight is 323 g/mol. The Hall–Kier alpha value is -1.70. The van der Waals surface area contributed by atoms with Crippen molar-refractivity contribution in [1.82, 2.24) is 15.2 Å². The second kappa shape index (κ2) is 9.44. The molecule has 1 aromatic rings. The van der Waals surface area contributed by atoms with Crippen molar-refractivity contribution in [3.05, 3.63) is 24.4 Å². The molecule has 0 unspecified atom stereocenters. The number of pyridine rings is 1. The van der Waals surface area contributed by atoms with Gasteiger partial charge in [-0.1, -0.05) is 6.07 Å². The maximum Gasteiger partial charge on any atom is 0.234 e. The molecule has 23 heavy (non-hydrogen) atoms. The molecule has 1 saturated heterocycles. The Kier molecular flexibility index (Phi) is 7.25. The molecular formula is C16H25N3O4. The fourth-order valence-corrected chi connectivity index (χ4v) is 2.39. The van der Waals surface area contributed by atoms with Gasteiger partial charge in [0, 0.05) is 32.3 Å². The fourth-order valence-electron chi connectivity index (χ4n) is 2.39. The molecule has 1 N–H and O–H groups in total. The van der Waals surface area contributed by atoms with E-state index in [1.807, 2.05) is 30.1 Å². The van der Waals surface area contributed by atoms with Gasteiger partial charge in [-0.05, 0) is 13.1 Å². The molecule has 0 radical (unpaired) electrons. The molecule has 1 aromatic heterocycles. The molecule has 2 rings (SSSR count). The van der Waals surface area contributed by atoms with Crippen LogP contribution >= 0.6 is 0 Å². The minimum atomic E-state index is -0.172. The number of rotatable bonds is 8. The Bertz CT molecular complexity index is 472. The molecule has 0 aromatic carbocycles. The number of carbonyl (C=O) groups excluding carboxylic acids is 1. The first-order valence-corrected chi connectivity index (χ1v) is 7.81. The maximum absolute atomic E-state index is 12.2. The standard InChI is InChI=1S/C16H25N3O4/c1-19(8-10-21-2)11-15(20)18-13-12-22-9-6-14(13)23-16-5-3-4-7-17-16/h3-5,7,13-14H,6,8-12H2,1-2H3,(H,18,20)/t13-,14-/m1/s1. The van der Waals surface area contributed by atoms with Crippen LogP contribution in [0.15, 0.2) is 24.4 Å². The summed E-state index contributed by atoms with van der Waals surface area (Å²) in [4.78, 5) is 18.2. The third kappa shape index (κ3) is 6.13. The van der Waals surface area contributed by atoms with Gasteiger partial charge in [0.2, 0.25) is 11.8 Å². The normalized spacial score (nSPS) is 21.2. The van der Waals surface area contributed by atoms with E-state index in [4.69, 9.17) is 14.2 Å². The smallest absolute Gasteiger partial charge is 0.234 e. The van der Waals surface area contributed by atoms with Crippen LogP contribution in [0.3, 0.4) is 0 Å². The summed E-state index contributed by atoms with van der Waals surface area (Å²) >= 11 is 0. The lowest BCUT2D eigenvalue weighted by molar-refractivity contribution is -0.125. The predicted molar refractivity (Wildman–Crippen MR) is 85.4 cm³/mol. The number of hydrogen-bond acceptors (Lipinski definition) is 6. The third-order valence-corrected chi connectivity index (χ3v) is 3.64. The van der Waals surface area contributed by atoms with Gasteiger partial charge in [0.05, 0.1) is 32.4 Å². The molecule has 1 aliphatic rings. The topological polar surface area (TPSA) is 72.9 Å². The summed E-state index contributed by atoms with van der Waals surface area (Å²) < 4.78 is 16.4. The molecule has 1 aliphatic heterocycles. The number of carbonyl (C=O) groups is 1. The van der Waals surface area contributed by atoms with E-state index < -0.39 is 0 Å². The maximum atomic E-state index is 12.2. The van der Waals surface area contributed by atoms with Crippen molar-refractivity contribution in [2.24, 2.45) is 0 Å². The zero-order valence-electron chi connectivity index (χ0n) is 13.7. The van der Waals surface area contributed by atoms with E-state index in [1.54, 1.807) is 13.3 Å². The van der Waals surface area contributed by atoms with E-state index in [-0.39, 0.29) is 18.1 Å². The van der Waals surface area contributed by atoms with Gasteiger partial charge in [-0.15, -0.1) is 0 Å². The largest absolute Gasteiger partial charge is 0.472 e. The highest BCUT2D eigenvalue weighted by Crippen LogP contribution is 2.15. The van der Waals surface area contributed by atoms with Crippen LogP contribution in [0.2, 0.25) is 0 Å². The van der Waals surface area contributed by atoms with Crippen molar-refractivity contribution in [1.29, 1.82) is 0 Å². The number of amides is 1. The summed E-state index contributed by atoms with van der Waals surface area (Å²) in [6.45, 7) is 2.69. The molecule has 2 heterocycles. The SMILES string of the molecule is COCCN(C)CC(=O)N[C@@H]1COCC[C@H]1Oc1ccccn1. The summed E-state index contributed by atoms with van der Waals surface area (Å²) in [6, 6.07) is 5.35. The molecule has 2 atom stereocenters. The highest BCUT2D eigenvalue weighted by molar-refractivity contribution is 5.78. The highest BCUT2D eigenvalue weighted by Gasteiger charge is 2.29. The minimum Gasteiger partial charge on any atom is -0.472 e. The van der Waals surface area contributed by atoms with Crippen LogP contribution in [-0.4, -0.2) is 75.0 Å². The lowest BCUT2D eigenvalue weighted by Gasteiger charge is -2.32. The van der Waals surface area contributed by atoms with Gasteiger partial charge < -0.3 is 19.5 Å². The third-order valence-electron chi connectivity index (χ3n) is 3.64. The van der Waals surface area contributed by atoms with Crippen LogP contribution in [0.1, 0.15) is 6.42 Å².